The SMILES string of the molecule is CN(CCC(=N)N)S(=O)(=O)CCC(C)(C)C. The third-order valence-electron chi connectivity index (χ3n) is 2.28. The van der Waals surface area contributed by atoms with Crippen molar-refractivity contribution in [2.75, 3.05) is 19.3 Å². The van der Waals surface area contributed by atoms with Crippen LogP contribution in [0.1, 0.15) is 33.6 Å². The van der Waals surface area contributed by atoms with E-state index in [-0.39, 0.29) is 30.0 Å². The zero-order valence-corrected chi connectivity index (χ0v) is 11.4. The summed E-state index contributed by atoms with van der Waals surface area (Å²) < 4.78 is 24.9. The molecule has 0 saturated heterocycles. The minimum absolute atomic E-state index is 0.00842. The molecule has 0 rings (SSSR count). The summed E-state index contributed by atoms with van der Waals surface area (Å²) in [5.74, 6) is 0.156. The molecule has 0 aromatic carbocycles. The highest BCUT2D eigenvalue weighted by atomic mass is 32.2. The molecule has 0 saturated carbocycles. The summed E-state index contributed by atoms with van der Waals surface area (Å²) in [5.41, 5.74) is 5.20. The third kappa shape index (κ3) is 6.79. The number of amidine groups is 1. The first-order valence-corrected chi connectivity index (χ1v) is 6.92. The molecule has 0 amide bonds. The topological polar surface area (TPSA) is 87.2 Å². The highest BCUT2D eigenvalue weighted by Crippen LogP contribution is 2.20. The fraction of sp³-hybridized carbons (Fsp3) is 0.900. The van der Waals surface area contributed by atoms with Gasteiger partial charge in [-0.05, 0) is 11.8 Å². The van der Waals surface area contributed by atoms with Gasteiger partial charge in [0.25, 0.3) is 0 Å². The van der Waals surface area contributed by atoms with E-state index in [4.69, 9.17) is 11.1 Å². The van der Waals surface area contributed by atoms with Crippen LogP contribution in [0.15, 0.2) is 0 Å². The lowest BCUT2D eigenvalue weighted by Crippen LogP contribution is -2.33. The van der Waals surface area contributed by atoms with Gasteiger partial charge in [0, 0.05) is 20.0 Å². The average molecular weight is 249 g/mol. The summed E-state index contributed by atoms with van der Waals surface area (Å²) in [6.07, 6.45) is 0.908. The van der Waals surface area contributed by atoms with Gasteiger partial charge in [0.1, 0.15) is 0 Å². The minimum atomic E-state index is -3.21. The molecule has 0 radical (unpaired) electrons. The summed E-state index contributed by atoms with van der Waals surface area (Å²) in [6, 6.07) is 0. The lowest BCUT2D eigenvalue weighted by atomic mass is 9.94. The maximum absolute atomic E-state index is 11.8. The van der Waals surface area contributed by atoms with Gasteiger partial charge in [0.2, 0.25) is 10.0 Å². The molecule has 0 spiro atoms. The first kappa shape index (κ1) is 15.4. The largest absolute Gasteiger partial charge is 0.388 e. The first-order chi connectivity index (χ1) is 7.04. The Morgan fingerprint density at radius 2 is 1.88 bits per heavy atom. The molecule has 0 aromatic rings. The Balaban J connectivity index is 4.27. The highest BCUT2D eigenvalue weighted by Gasteiger charge is 2.21. The Morgan fingerprint density at radius 3 is 2.25 bits per heavy atom. The van der Waals surface area contributed by atoms with E-state index in [9.17, 15) is 8.42 Å². The maximum atomic E-state index is 11.8. The third-order valence-corrected chi connectivity index (χ3v) is 4.13. The van der Waals surface area contributed by atoms with E-state index in [1.807, 2.05) is 20.8 Å². The molecule has 3 N–H and O–H groups in total. The van der Waals surface area contributed by atoms with Crippen LogP contribution in [0.5, 0.6) is 0 Å². The summed E-state index contributed by atoms with van der Waals surface area (Å²) in [6.45, 7) is 6.32. The average Bonchev–Trinajstić information content (AvgIpc) is 2.10. The van der Waals surface area contributed by atoms with Crippen LogP contribution in [0.3, 0.4) is 0 Å². The molecule has 0 bridgehead atoms. The van der Waals surface area contributed by atoms with Crippen LogP contribution in [-0.4, -0.2) is 37.9 Å². The number of hydrogen-bond donors (Lipinski definition) is 2. The van der Waals surface area contributed by atoms with Gasteiger partial charge >= 0.3 is 0 Å². The van der Waals surface area contributed by atoms with Crippen LogP contribution < -0.4 is 5.73 Å². The van der Waals surface area contributed by atoms with Crippen LogP contribution in [0, 0.1) is 10.8 Å². The number of nitrogens with one attached hydrogen (secondary N) is 1. The molecule has 16 heavy (non-hydrogen) atoms. The number of sulfonamides is 1. The van der Waals surface area contributed by atoms with Crippen LogP contribution in [0.4, 0.5) is 0 Å². The molecule has 0 unspecified atom stereocenters. The molecule has 0 aliphatic carbocycles. The van der Waals surface area contributed by atoms with Gasteiger partial charge in [-0.2, -0.15) is 0 Å². The van der Waals surface area contributed by atoms with Crippen molar-refractivity contribution in [3.05, 3.63) is 0 Å². The highest BCUT2D eigenvalue weighted by molar-refractivity contribution is 7.89. The number of rotatable bonds is 6. The normalized spacial score (nSPS) is 13.1. The second kappa shape index (κ2) is 5.63. The van der Waals surface area contributed by atoms with E-state index in [0.29, 0.717) is 6.42 Å². The van der Waals surface area contributed by atoms with E-state index in [2.05, 4.69) is 0 Å². The molecule has 0 aliphatic heterocycles. The van der Waals surface area contributed by atoms with Gasteiger partial charge in [-0.3, -0.25) is 5.41 Å². The fourth-order valence-electron chi connectivity index (χ4n) is 1.01. The quantitative estimate of drug-likeness (QED) is 0.544. The standard InChI is InChI=1S/C10H23N3O2S/c1-10(2,3)6-8-16(14,15)13(4)7-5-9(11)12/h5-8H2,1-4H3,(H3,11,12). The number of nitrogens with two attached hydrogens (primary N) is 1. The number of nitrogens with zero attached hydrogens (tertiary/aromatic N) is 1. The van der Waals surface area contributed by atoms with E-state index >= 15 is 0 Å². The van der Waals surface area contributed by atoms with Gasteiger partial charge in [0.15, 0.2) is 0 Å². The van der Waals surface area contributed by atoms with Crippen molar-refractivity contribution in [1.82, 2.24) is 4.31 Å². The molecular weight excluding hydrogens is 226 g/mol. The van der Waals surface area contributed by atoms with Crippen molar-refractivity contribution in [3.63, 3.8) is 0 Å². The summed E-state index contributed by atoms with van der Waals surface area (Å²) in [4.78, 5) is 0. The Hall–Kier alpha value is -0.620. The van der Waals surface area contributed by atoms with Crippen molar-refractivity contribution in [3.8, 4) is 0 Å². The van der Waals surface area contributed by atoms with Crippen molar-refractivity contribution in [2.24, 2.45) is 11.1 Å². The molecule has 5 nitrogen and oxygen atoms in total. The molecule has 96 valence electrons. The van der Waals surface area contributed by atoms with Crippen LogP contribution >= 0.6 is 0 Å². The Kier molecular flexibility index (Phi) is 5.41. The van der Waals surface area contributed by atoms with E-state index in [1.165, 1.54) is 11.4 Å². The van der Waals surface area contributed by atoms with Crippen molar-refractivity contribution < 1.29 is 8.42 Å². The molecular formula is C10H23N3O2S. The summed E-state index contributed by atoms with van der Waals surface area (Å²) in [7, 11) is -1.68. The van der Waals surface area contributed by atoms with Gasteiger partial charge in [-0.15, -0.1) is 0 Å². The fourth-order valence-corrected chi connectivity index (χ4v) is 2.56. The molecule has 0 aliphatic rings. The zero-order valence-electron chi connectivity index (χ0n) is 10.6. The van der Waals surface area contributed by atoms with Crippen molar-refractivity contribution in [2.45, 2.75) is 33.6 Å². The summed E-state index contributed by atoms with van der Waals surface area (Å²) >= 11 is 0. The van der Waals surface area contributed by atoms with Gasteiger partial charge in [-0.25, -0.2) is 12.7 Å². The maximum Gasteiger partial charge on any atom is 0.213 e. The van der Waals surface area contributed by atoms with E-state index in [1.54, 1.807) is 0 Å². The minimum Gasteiger partial charge on any atom is -0.388 e. The Bertz CT molecular complexity index is 330. The van der Waals surface area contributed by atoms with Crippen LogP contribution in [0.25, 0.3) is 0 Å². The zero-order chi connectivity index (χ0) is 13.0. The second-order valence-corrected chi connectivity index (χ2v) is 7.42. The molecule has 6 heteroatoms. The van der Waals surface area contributed by atoms with E-state index < -0.39 is 10.0 Å². The monoisotopic (exact) mass is 249 g/mol. The van der Waals surface area contributed by atoms with Gasteiger partial charge in [-0.1, -0.05) is 20.8 Å². The lowest BCUT2D eigenvalue weighted by Gasteiger charge is -2.21. The molecule has 0 fully saturated rings. The van der Waals surface area contributed by atoms with Crippen LogP contribution in [-0.2, 0) is 10.0 Å². The lowest BCUT2D eigenvalue weighted by molar-refractivity contribution is 0.389. The number of hydrogen-bond acceptors (Lipinski definition) is 3. The van der Waals surface area contributed by atoms with Gasteiger partial charge < -0.3 is 5.73 Å². The predicted molar refractivity (Wildman–Crippen MR) is 67.0 cm³/mol. The second-order valence-electron chi connectivity index (χ2n) is 5.22. The van der Waals surface area contributed by atoms with Gasteiger partial charge in [0.05, 0.1) is 11.6 Å². The van der Waals surface area contributed by atoms with E-state index in [0.717, 1.165) is 0 Å². The van der Waals surface area contributed by atoms with Crippen molar-refractivity contribution >= 4 is 15.9 Å². The molecule has 0 aromatic heterocycles. The predicted octanol–water partition coefficient (Wildman–Crippen LogP) is 1.01. The Labute approximate surface area is 98.6 Å². The summed E-state index contributed by atoms with van der Waals surface area (Å²) in [5, 5.41) is 7.05. The first-order valence-electron chi connectivity index (χ1n) is 5.31. The smallest absolute Gasteiger partial charge is 0.213 e. The van der Waals surface area contributed by atoms with Crippen LogP contribution in [0.2, 0.25) is 0 Å². The molecule has 0 heterocycles. The molecule has 0 atom stereocenters. The van der Waals surface area contributed by atoms with Crippen molar-refractivity contribution in [1.29, 1.82) is 5.41 Å². The Morgan fingerprint density at radius 1 is 1.38 bits per heavy atom.